The van der Waals surface area contributed by atoms with Crippen LogP contribution in [0.25, 0.3) is 71.7 Å². The second-order valence-corrected chi connectivity index (χ2v) is 10.3. The lowest BCUT2D eigenvalue weighted by molar-refractivity contribution is 0.669. The third-order valence-corrected chi connectivity index (χ3v) is 8.12. The number of fused-ring (bicyclic) bond motifs is 6. The van der Waals surface area contributed by atoms with Gasteiger partial charge < -0.3 is 8.98 Å². The Bertz CT molecular complexity index is 2390. The van der Waals surface area contributed by atoms with Crippen LogP contribution in [0.1, 0.15) is 11.1 Å². The molecule has 0 atom stereocenters. The van der Waals surface area contributed by atoms with E-state index in [1.54, 1.807) is 0 Å². The molecule has 0 saturated carbocycles. The summed E-state index contributed by atoms with van der Waals surface area (Å²) in [6.45, 7) is 0. The minimum absolute atomic E-state index is 0.538. The number of nitriles is 2. The number of furan rings is 1. The van der Waals surface area contributed by atoms with Crippen LogP contribution >= 0.6 is 0 Å². The standard InChI is InChI=1S/C38H21N3O/c39-22-24-10-7-17-30(38(24)41-33-18-4-1-11-27(33)28-12-2-5-19-34(28)41)26-15-8-14-25(32(26)23-40)29-16-9-21-36-37(29)31-13-3-6-20-35(31)42-36/h1-21H. The lowest BCUT2D eigenvalue weighted by Gasteiger charge is -2.18. The molecule has 8 rings (SSSR count). The molecule has 0 fully saturated rings. The summed E-state index contributed by atoms with van der Waals surface area (Å²) in [6, 6.07) is 47.1. The SMILES string of the molecule is N#Cc1cccc(-c2cccc(-c3cccc4oc5ccccc5c34)c2C#N)c1-n1c2ccccc2c2ccccc21. The molecule has 8 aromatic rings. The van der Waals surface area contributed by atoms with Gasteiger partial charge in [0.2, 0.25) is 0 Å². The summed E-state index contributed by atoms with van der Waals surface area (Å²) < 4.78 is 8.32. The molecule has 4 nitrogen and oxygen atoms in total. The predicted molar refractivity (Wildman–Crippen MR) is 168 cm³/mol. The van der Waals surface area contributed by atoms with E-state index < -0.39 is 0 Å². The van der Waals surface area contributed by atoms with Crippen molar-refractivity contribution in [1.82, 2.24) is 4.57 Å². The van der Waals surface area contributed by atoms with Gasteiger partial charge in [0.15, 0.2) is 0 Å². The van der Waals surface area contributed by atoms with Crippen molar-refractivity contribution < 1.29 is 4.42 Å². The Morgan fingerprint density at radius 2 is 1.02 bits per heavy atom. The minimum atomic E-state index is 0.538. The summed E-state index contributed by atoms with van der Waals surface area (Å²) in [6.07, 6.45) is 0. The van der Waals surface area contributed by atoms with Gasteiger partial charge in [-0.05, 0) is 35.9 Å². The Labute approximate surface area is 241 Å². The van der Waals surface area contributed by atoms with Crippen LogP contribution in [0, 0.1) is 22.7 Å². The molecule has 0 aliphatic heterocycles. The first-order valence-electron chi connectivity index (χ1n) is 13.7. The van der Waals surface area contributed by atoms with Crippen LogP contribution in [0.4, 0.5) is 0 Å². The molecule has 194 valence electrons. The molecule has 2 aromatic heterocycles. The summed E-state index contributed by atoms with van der Waals surface area (Å²) in [7, 11) is 0. The van der Waals surface area contributed by atoms with Gasteiger partial charge >= 0.3 is 0 Å². The molecule has 0 amide bonds. The van der Waals surface area contributed by atoms with E-state index >= 15 is 0 Å². The number of para-hydroxylation sites is 4. The summed E-state index contributed by atoms with van der Waals surface area (Å²) in [5.74, 6) is 0. The van der Waals surface area contributed by atoms with E-state index in [0.29, 0.717) is 11.1 Å². The van der Waals surface area contributed by atoms with Crippen LogP contribution in [0.15, 0.2) is 132 Å². The van der Waals surface area contributed by atoms with Crippen molar-refractivity contribution in [3.63, 3.8) is 0 Å². The highest BCUT2D eigenvalue weighted by Gasteiger charge is 2.22. The van der Waals surface area contributed by atoms with Crippen LogP contribution in [0.3, 0.4) is 0 Å². The number of aromatic nitrogens is 1. The van der Waals surface area contributed by atoms with Gasteiger partial charge in [-0.2, -0.15) is 10.5 Å². The molecule has 0 unspecified atom stereocenters. The molecular formula is C38H21N3O. The zero-order valence-electron chi connectivity index (χ0n) is 22.4. The van der Waals surface area contributed by atoms with Crippen LogP contribution in [-0.4, -0.2) is 4.57 Å². The molecule has 42 heavy (non-hydrogen) atoms. The topological polar surface area (TPSA) is 65.7 Å². The molecule has 6 aromatic carbocycles. The van der Waals surface area contributed by atoms with E-state index in [0.717, 1.165) is 71.7 Å². The number of hydrogen-bond donors (Lipinski definition) is 0. The average molecular weight is 536 g/mol. The highest BCUT2D eigenvalue weighted by molar-refractivity contribution is 6.13. The summed E-state index contributed by atoms with van der Waals surface area (Å²) in [5, 5.41) is 25.3. The molecule has 0 aliphatic carbocycles. The van der Waals surface area contributed by atoms with Crippen molar-refractivity contribution in [2.75, 3.05) is 0 Å². The second kappa shape index (κ2) is 9.24. The maximum atomic E-state index is 10.7. The first kappa shape index (κ1) is 23.8. The van der Waals surface area contributed by atoms with E-state index in [4.69, 9.17) is 4.42 Å². The van der Waals surface area contributed by atoms with Gasteiger partial charge in [0.1, 0.15) is 23.3 Å². The van der Waals surface area contributed by atoms with Crippen molar-refractivity contribution in [1.29, 1.82) is 10.5 Å². The number of hydrogen-bond acceptors (Lipinski definition) is 3. The van der Waals surface area contributed by atoms with Crippen LogP contribution in [0.2, 0.25) is 0 Å². The number of benzene rings is 6. The molecule has 0 bridgehead atoms. The smallest absolute Gasteiger partial charge is 0.136 e. The fraction of sp³-hybridized carbons (Fsp3) is 0. The molecule has 0 aliphatic rings. The van der Waals surface area contributed by atoms with Gasteiger partial charge in [0.25, 0.3) is 0 Å². The maximum Gasteiger partial charge on any atom is 0.136 e. The normalized spacial score (nSPS) is 11.3. The largest absolute Gasteiger partial charge is 0.456 e. The van der Waals surface area contributed by atoms with E-state index in [1.807, 2.05) is 97.1 Å². The first-order valence-corrected chi connectivity index (χ1v) is 13.7. The number of nitrogens with zero attached hydrogens (tertiary/aromatic N) is 3. The van der Waals surface area contributed by atoms with Crippen LogP contribution in [0.5, 0.6) is 0 Å². The fourth-order valence-electron chi connectivity index (χ4n) is 6.38. The van der Waals surface area contributed by atoms with Crippen LogP contribution < -0.4 is 0 Å². The van der Waals surface area contributed by atoms with E-state index in [1.165, 1.54) is 0 Å². The molecular weight excluding hydrogens is 514 g/mol. The Hall–Kier alpha value is -6.10. The summed E-state index contributed by atoms with van der Waals surface area (Å²) >= 11 is 0. The van der Waals surface area contributed by atoms with Crippen molar-refractivity contribution >= 4 is 43.7 Å². The molecule has 2 heterocycles. The molecule has 0 spiro atoms. The number of rotatable bonds is 3. The van der Waals surface area contributed by atoms with E-state index in [-0.39, 0.29) is 0 Å². The quantitative estimate of drug-likeness (QED) is 0.226. The Morgan fingerprint density at radius 3 is 1.74 bits per heavy atom. The second-order valence-electron chi connectivity index (χ2n) is 10.3. The fourth-order valence-corrected chi connectivity index (χ4v) is 6.38. The van der Waals surface area contributed by atoms with Crippen molar-refractivity contribution in [3.05, 3.63) is 139 Å². The molecule has 0 radical (unpaired) electrons. The van der Waals surface area contributed by atoms with Gasteiger partial charge in [0, 0.05) is 38.2 Å². The van der Waals surface area contributed by atoms with Gasteiger partial charge in [-0.15, -0.1) is 0 Å². The van der Waals surface area contributed by atoms with Crippen molar-refractivity contribution in [2.45, 2.75) is 0 Å². The molecule has 4 heteroatoms. The van der Waals surface area contributed by atoms with Gasteiger partial charge in [-0.25, -0.2) is 0 Å². The van der Waals surface area contributed by atoms with Gasteiger partial charge in [0.05, 0.1) is 27.8 Å². The highest BCUT2D eigenvalue weighted by atomic mass is 16.3. The summed E-state index contributed by atoms with van der Waals surface area (Å²) in [5.41, 5.74) is 8.80. The zero-order chi connectivity index (χ0) is 28.2. The van der Waals surface area contributed by atoms with Crippen molar-refractivity contribution in [3.8, 4) is 40.1 Å². The van der Waals surface area contributed by atoms with E-state index in [2.05, 4.69) is 47.0 Å². The van der Waals surface area contributed by atoms with E-state index in [9.17, 15) is 10.5 Å². The Balaban J connectivity index is 1.46. The zero-order valence-corrected chi connectivity index (χ0v) is 22.4. The van der Waals surface area contributed by atoms with Gasteiger partial charge in [-0.1, -0.05) is 97.1 Å². The highest BCUT2D eigenvalue weighted by Crippen LogP contribution is 2.43. The summed E-state index contributed by atoms with van der Waals surface area (Å²) in [4.78, 5) is 0. The van der Waals surface area contributed by atoms with Crippen LogP contribution in [-0.2, 0) is 0 Å². The lowest BCUT2D eigenvalue weighted by Crippen LogP contribution is -2.02. The predicted octanol–water partition coefficient (Wildman–Crippen LogP) is 9.76. The molecule has 0 saturated heterocycles. The Morgan fingerprint density at radius 1 is 0.476 bits per heavy atom. The maximum absolute atomic E-state index is 10.7. The first-order chi connectivity index (χ1) is 20.8. The third kappa shape index (κ3) is 3.33. The lowest BCUT2D eigenvalue weighted by atomic mass is 9.89. The Kier molecular flexibility index (Phi) is 5.22. The average Bonchev–Trinajstić information content (AvgIpc) is 3.60. The third-order valence-electron chi connectivity index (χ3n) is 8.12. The minimum Gasteiger partial charge on any atom is -0.456 e. The monoisotopic (exact) mass is 535 g/mol. The van der Waals surface area contributed by atoms with Crippen molar-refractivity contribution in [2.24, 2.45) is 0 Å². The molecule has 0 N–H and O–H groups in total. The van der Waals surface area contributed by atoms with Gasteiger partial charge in [-0.3, -0.25) is 0 Å².